The minimum atomic E-state index is -1.16. The van der Waals surface area contributed by atoms with Crippen LogP contribution in [0.3, 0.4) is 0 Å². The summed E-state index contributed by atoms with van der Waals surface area (Å²) in [6.07, 6.45) is 1.73. The quantitative estimate of drug-likeness (QED) is 0.194. The van der Waals surface area contributed by atoms with Gasteiger partial charge in [0, 0.05) is 6.42 Å². The van der Waals surface area contributed by atoms with Crippen molar-refractivity contribution in [2.75, 3.05) is 6.54 Å². The first kappa shape index (κ1) is 30.1. The van der Waals surface area contributed by atoms with E-state index in [0.29, 0.717) is 25.8 Å². The molecular weight excluding hydrogens is 450 g/mol. The van der Waals surface area contributed by atoms with Crippen molar-refractivity contribution in [3.05, 3.63) is 35.9 Å². The normalized spacial score (nSPS) is 14.6. The van der Waals surface area contributed by atoms with Crippen LogP contribution in [-0.4, -0.2) is 59.5 Å². The minimum absolute atomic E-state index is 0.122. The Morgan fingerprint density at radius 1 is 0.829 bits per heavy atom. The summed E-state index contributed by atoms with van der Waals surface area (Å²) in [7, 11) is 0. The number of nitrogens with two attached hydrogens (primary N) is 2. The standard InChI is InChI=1S/C25H41N5O5/c1-15(2)20(27)24(33)28-18(12-8-9-13-26)22(31)29-19(14-17-10-6-5-7-11-17)23(32)30-21(16(3)4)25(34)35/h5-7,10-11,15-16,18-21H,8-9,12-14,26-27H2,1-4H3,(H,28,33)(H,29,31)(H,30,32)(H,34,35). The van der Waals surface area contributed by atoms with E-state index in [2.05, 4.69) is 16.0 Å². The first-order chi connectivity index (χ1) is 16.5. The molecule has 0 spiro atoms. The van der Waals surface area contributed by atoms with Crippen molar-refractivity contribution in [2.24, 2.45) is 23.3 Å². The lowest BCUT2D eigenvalue weighted by atomic mass is 10.0. The highest BCUT2D eigenvalue weighted by atomic mass is 16.4. The largest absolute Gasteiger partial charge is 0.480 e. The second-order valence-electron chi connectivity index (χ2n) is 9.43. The van der Waals surface area contributed by atoms with Gasteiger partial charge in [0.25, 0.3) is 0 Å². The first-order valence-corrected chi connectivity index (χ1v) is 12.1. The van der Waals surface area contributed by atoms with E-state index in [1.54, 1.807) is 13.8 Å². The number of hydrogen-bond donors (Lipinski definition) is 6. The van der Waals surface area contributed by atoms with Gasteiger partial charge >= 0.3 is 5.97 Å². The number of hydrogen-bond acceptors (Lipinski definition) is 6. The van der Waals surface area contributed by atoms with E-state index in [9.17, 15) is 24.3 Å². The Labute approximate surface area is 207 Å². The highest BCUT2D eigenvalue weighted by Gasteiger charge is 2.31. The molecule has 0 aliphatic rings. The van der Waals surface area contributed by atoms with E-state index in [0.717, 1.165) is 5.56 Å². The Balaban J connectivity index is 3.11. The zero-order chi connectivity index (χ0) is 26.5. The monoisotopic (exact) mass is 491 g/mol. The van der Waals surface area contributed by atoms with Crippen LogP contribution in [0.25, 0.3) is 0 Å². The molecule has 4 atom stereocenters. The maximum atomic E-state index is 13.2. The molecule has 1 aromatic rings. The van der Waals surface area contributed by atoms with Crippen molar-refractivity contribution >= 4 is 23.7 Å². The van der Waals surface area contributed by atoms with Gasteiger partial charge in [-0.3, -0.25) is 14.4 Å². The average Bonchev–Trinajstić information content (AvgIpc) is 2.80. The number of unbranched alkanes of at least 4 members (excludes halogenated alkanes) is 1. The number of carbonyl (C=O) groups excluding carboxylic acids is 3. The molecule has 0 heterocycles. The van der Waals surface area contributed by atoms with Crippen LogP contribution >= 0.6 is 0 Å². The van der Waals surface area contributed by atoms with Crippen molar-refractivity contribution in [3.8, 4) is 0 Å². The predicted octanol–water partition coefficient (Wildman–Crippen LogP) is 0.536. The Kier molecular flexibility index (Phi) is 13.0. The topological polar surface area (TPSA) is 177 Å². The van der Waals surface area contributed by atoms with Crippen LogP contribution in [-0.2, 0) is 25.6 Å². The fraction of sp³-hybridized carbons (Fsp3) is 0.600. The fourth-order valence-corrected chi connectivity index (χ4v) is 3.43. The van der Waals surface area contributed by atoms with Gasteiger partial charge in [-0.1, -0.05) is 58.0 Å². The smallest absolute Gasteiger partial charge is 0.326 e. The van der Waals surface area contributed by atoms with Gasteiger partial charge in [-0.25, -0.2) is 4.79 Å². The summed E-state index contributed by atoms with van der Waals surface area (Å²) in [5, 5.41) is 17.4. The van der Waals surface area contributed by atoms with Gasteiger partial charge in [-0.15, -0.1) is 0 Å². The molecule has 0 saturated carbocycles. The number of nitrogens with one attached hydrogen (secondary N) is 3. The SMILES string of the molecule is CC(C)C(N)C(=O)NC(CCCCN)C(=O)NC(Cc1ccccc1)C(=O)NC(C(=O)O)C(C)C. The zero-order valence-electron chi connectivity index (χ0n) is 21.1. The third-order valence-electron chi connectivity index (χ3n) is 5.75. The van der Waals surface area contributed by atoms with Crippen LogP contribution < -0.4 is 27.4 Å². The zero-order valence-corrected chi connectivity index (χ0v) is 21.1. The third kappa shape index (κ3) is 10.4. The second kappa shape index (κ2) is 15.1. The van der Waals surface area contributed by atoms with Gasteiger partial charge in [-0.2, -0.15) is 0 Å². The first-order valence-electron chi connectivity index (χ1n) is 12.1. The molecule has 0 aromatic heterocycles. The minimum Gasteiger partial charge on any atom is -0.480 e. The van der Waals surface area contributed by atoms with E-state index >= 15 is 0 Å². The molecule has 10 heteroatoms. The summed E-state index contributed by atoms with van der Waals surface area (Å²) in [5.41, 5.74) is 12.3. The molecule has 3 amide bonds. The van der Waals surface area contributed by atoms with Gasteiger partial charge < -0.3 is 32.5 Å². The number of benzene rings is 1. The maximum absolute atomic E-state index is 13.2. The maximum Gasteiger partial charge on any atom is 0.326 e. The molecule has 0 aliphatic heterocycles. The summed E-state index contributed by atoms with van der Waals surface area (Å²) in [4.78, 5) is 50.5. The molecule has 1 rings (SSSR count). The Hall–Kier alpha value is -2.98. The van der Waals surface area contributed by atoms with Crippen LogP contribution in [0.1, 0.15) is 52.5 Å². The molecule has 8 N–H and O–H groups in total. The lowest BCUT2D eigenvalue weighted by molar-refractivity contribution is -0.143. The molecule has 1 aromatic carbocycles. The van der Waals surface area contributed by atoms with E-state index in [1.165, 1.54) is 0 Å². The molecular formula is C25H41N5O5. The lowest BCUT2D eigenvalue weighted by Gasteiger charge is -2.26. The number of amides is 3. The molecule has 0 fully saturated rings. The fourth-order valence-electron chi connectivity index (χ4n) is 3.43. The molecule has 0 saturated heterocycles. The van der Waals surface area contributed by atoms with E-state index in [4.69, 9.17) is 11.5 Å². The van der Waals surface area contributed by atoms with E-state index in [1.807, 2.05) is 44.2 Å². The lowest BCUT2D eigenvalue weighted by Crippen LogP contribution is -2.58. The molecule has 0 aliphatic carbocycles. The van der Waals surface area contributed by atoms with Gasteiger partial charge in [0.05, 0.1) is 6.04 Å². The second-order valence-corrected chi connectivity index (χ2v) is 9.43. The highest BCUT2D eigenvalue weighted by Crippen LogP contribution is 2.09. The number of rotatable bonds is 15. The summed E-state index contributed by atoms with van der Waals surface area (Å²) >= 11 is 0. The highest BCUT2D eigenvalue weighted by molar-refractivity contribution is 5.94. The molecule has 10 nitrogen and oxygen atoms in total. The third-order valence-corrected chi connectivity index (χ3v) is 5.75. The van der Waals surface area contributed by atoms with Gasteiger partial charge in [0.2, 0.25) is 17.7 Å². The number of carboxylic acids is 1. The number of aliphatic carboxylic acids is 1. The van der Waals surface area contributed by atoms with Crippen molar-refractivity contribution < 1.29 is 24.3 Å². The molecule has 4 unspecified atom stereocenters. The van der Waals surface area contributed by atoms with Crippen LogP contribution in [0.5, 0.6) is 0 Å². The van der Waals surface area contributed by atoms with E-state index < -0.39 is 47.9 Å². The van der Waals surface area contributed by atoms with Gasteiger partial charge in [-0.05, 0) is 43.2 Å². The van der Waals surface area contributed by atoms with Crippen LogP contribution in [0.2, 0.25) is 0 Å². The number of carboxylic acid groups (broad SMARTS) is 1. The van der Waals surface area contributed by atoms with Crippen LogP contribution in [0.4, 0.5) is 0 Å². The summed E-state index contributed by atoms with van der Waals surface area (Å²) in [6, 6.07) is 5.22. The van der Waals surface area contributed by atoms with Crippen molar-refractivity contribution in [1.82, 2.24) is 16.0 Å². The van der Waals surface area contributed by atoms with Crippen molar-refractivity contribution in [2.45, 2.75) is 77.5 Å². The van der Waals surface area contributed by atoms with Crippen molar-refractivity contribution in [1.29, 1.82) is 0 Å². The Morgan fingerprint density at radius 3 is 1.91 bits per heavy atom. The average molecular weight is 492 g/mol. The predicted molar refractivity (Wildman–Crippen MR) is 134 cm³/mol. The van der Waals surface area contributed by atoms with Gasteiger partial charge in [0.15, 0.2) is 0 Å². The number of carbonyl (C=O) groups is 4. The van der Waals surface area contributed by atoms with Gasteiger partial charge in [0.1, 0.15) is 18.1 Å². The molecule has 196 valence electrons. The summed E-state index contributed by atoms with van der Waals surface area (Å²) in [5.74, 6) is -3.25. The molecule has 0 bridgehead atoms. The van der Waals surface area contributed by atoms with Crippen molar-refractivity contribution in [3.63, 3.8) is 0 Å². The Bertz CT molecular complexity index is 831. The molecule has 0 radical (unpaired) electrons. The Morgan fingerprint density at radius 2 is 1.40 bits per heavy atom. The van der Waals surface area contributed by atoms with Crippen LogP contribution in [0.15, 0.2) is 30.3 Å². The van der Waals surface area contributed by atoms with Crippen LogP contribution in [0, 0.1) is 11.8 Å². The summed E-state index contributed by atoms with van der Waals surface area (Å²) < 4.78 is 0. The molecule has 35 heavy (non-hydrogen) atoms. The van der Waals surface area contributed by atoms with E-state index in [-0.39, 0.29) is 18.3 Å². The summed E-state index contributed by atoms with van der Waals surface area (Å²) in [6.45, 7) is 7.43.